The first-order valence-corrected chi connectivity index (χ1v) is 12.5. The molecular formula is C25H24N2O4S2. The predicted molar refractivity (Wildman–Crippen MR) is 132 cm³/mol. The molecule has 3 aromatic rings. The molecule has 6 nitrogen and oxygen atoms in total. The van der Waals surface area contributed by atoms with Crippen molar-refractivity contribution in [3.8, 4) is 5.75 Å². The Morgan fingerprint density at radius 2 is 2.00 bits per heavy atom. The zero-order chi connectivity index (χ0) is 23.5. The Labute approximate surface area is 199 Å². The van der Waals surface area contributed by atoms with Crippen LogP contribution in [0.1, 0.15) is 31.0 Å². The summed E-state index contributed by atoms with van der Waals surface area (Å²) in [5, 5.41) is 0. The Morgan fingerprint density at radius 3 is 2.67 bits per heavy atom. The van der Waals surface area contributed by atoms with Crippen LogP contribution in [-0.2, 0) is 9.53 Å². The summed E-state index contributed by atoms with van der Waals surface area (Å²) in [5.74, 6) is 0.253. The van der Waals surface area contributed by atoms with Crippen molar-refractivity contribution in [2.45, 2.75) is 24.8 Å². The second kappa shape index (κ2) is 9.80. The van der Waals surface area contributed by atoms with Gasteiger partial charge in [0, 0.05) is 4.90 Å². The minimum absolute atomic E-state index is 0.199. The molecule has 2 aromatic carbocycles. The third kappa shape index (κ3) is 4.54. The number of benzene rings is 2. The van der Waals surface area contributed by atoms with Gasteiger partial charge >= 0.3 is 5.97 Å². The Morgan fingerprint density at radius 1 is 1.24 bits per heavy atom. The van der Waals surface area contributed by atoms with Crippen molar-refractivity contribution in [1.82, 2.24) is 4.57 Å². The summed E-state index contributed by atoms with van der Waals surface area (Å²) < 4.78 is 12.8. The van der Waals surface area contributed by atoms with E-state index in [1.807, 2.05) is 60.9 Å². The quantitative estimate of drug-likeness (QED) is 0.399. The van der Waals surface area contributed by atoms with Gasteiger partial charge in [0.1, 0.15) is 5.75 Å². The van der Waals surface area contributed by atoms with Crippen LogP contribution in [0.25, 0.3) is 6.08 Å². The molecule has 1 aromatic heterocycles. The van der Waals surface area contributed by atoms with E-state index in [1.54, 1.807) is 37.3 Å². The van der Waals surface area contributed by atoms with E-state index < -0.39 is 12.0 Å². The van der Waals surface area contributed by atoms with Gasteiger partial charge in [-0.1, -0.05) is 35.6 Å². The van der Waals surface area contributed by atoms with Crippen molar-refractivity contribution < 1.29 is 14.3 Å². The van der Waals surface area contributed by atoms with Gasteiger partial charge in [-0.3, -0.25) is 9.36 Å². The molecule has 2 heterocycles. The summed E-state index contributed by atoms with van der Waals surface area (Å²) in [7, 11) is 1.61. The minimum atomic E-state index is -0.608. The maximum atomic E-state index is 13.6. The fourth-order valence-electron chi connectivity index (χ4n) is 3.78. The Bertz CT molecular complexity index is 1400. The highest BCUT2D eigenvalue weighted by atomic mass is 32.2. The highest BCUT2D eigenvalue weighted by Gasteiger charge is 2.33. The molecule has 0 spiro atoms. The summed E-state index contributed by atoms with van der Waals surface area (Å²) in [6, 6.07) is 14.8. The molecule has 0 bridgehead atoms. The number of allylic oxidation sites excluding steroid dienone is 1. The number of hydrogen-bond donors (Lipinski definition) is 0. The van der Waals surface area contributed by atoms with Crippen molar-refractivity contribution in [1.29, 1.82) is 0 Å². The molecule has 1 atom stereocenters. The van der Waals surface area contributed by atoms with Crippen molar-refractivity contribution in [2.24, 2.45) is 4.99 Å². The van der Waals surface area contributed by atoms with Crippen molar-refractivity contribution >= 4 is 35.1 Å². The zero-order valence-electron chi connectivity index (χ0n) is 18.8. The number of nitrogens with zero attached hydrogens (tertiary/aromatic N) is 2. The fourth-order valence-corrected chi connectivity index (χ4v) is 5.23. The molecule has 0 unspecified atom stereocenters. The molecule has 1 aliphatic heterocycles. The summed E-state index contributed by atoms with van der Waals surface area (Å²) in [6.07, 6.45) is 3.83. The van der Waals surface area contributed by atoms with Crippen LogP contribution in [-0.4, -0.2) is 30.5 Å². The van der Waals surface area contributed by atoms with Crippen molar-refractivity contribution in [3.05, 3.63) is 90.6 Å². The fraction of sp³-hybridized carbons (Fsp3) is 0.240. The van der Waals surface area contributed by atoms with Crippen LogP contribution >= 0.6 is 23.1 Å². The predicted octanol–water partition coefficient (Wildman–Crippen LogP) is 3.53. The minimum Gasteiger partial charge on any atom is -0.497 e. The first-order valence-electron chi connectivity index (χ1n) is 10.4. The van der Waals surface area contributed by atoms with E-state index in [0.717, 1.165) is 16.0 Å². The lowest BCUT2D eigenvalue weighted by Gasteiger charge is -2.24. The van der Waals surface area contributed by atoms with E-state index in [1.165, 1.54) is 11.3 Å². The summed E-state index contributed by atoms with van der Waals surface area (Å²) in [6.45, 7) is 3.79. The van der Waals surface area contributed by atoms with Gasteiger partial charge in [0.25, 0.3) is 5.56 Å². The van der Waals surface area contributed by atoms with Crippen LogP contribution in [0.15, 0.2) is 74.5 Å². The Kier molecular flexibility index (Phi) is 6.85. The van der Waals surface area contributed by atoms with E-state index in [0.29, 0.717) is 26.4 Å². The van der Waals surface area contributed by atoms with Gasteiger partial charge in [-0.25, -0.2) is 9.79 Å². The van der Waals surface area contributed by atoms with E-state index >= 15 is 0 Å². The maximum Gasteiger partial charge on any atom is 0.338 e. The first-order chi connectivity index (χ1) is 16.0. The van der Waals surface area contributed by atoms with E-state index in [-0.39, 0.29) is 12.2 Å². The van der Waals surface area contributed by atoms with Crippen LogP contribution in [0, 0.1) is 0 Å². The summed E-state index contributed by atoms with van der Waals surface area (Å²) in [5.41, 5.74) is 2.42. The number of carbonyl (C=O) groups excluding carboxylic acids is 1. The third-order valence-corrected chi connectivity index (χ3v) is 7.07. The number of methoxy groups -OCH3 is 1. The summed E-state index contributed by atoms with van der Waals surface area (Å²) >= 11 is 2.94. The van der Waals surface area contributed by atoms with Gasteiger partial charge < -0.3 is 9.47 Å². The number of fused-ring (bicyclic) bond motifs is 1. The highest BCUT2D eigenvalue weighted by Crippen LogP contribution is 2.31. The zero-order valence-corrected chi connectivity index (χ0v) is 20.5. The smallest absolute Gasteiger partial charge is 0.338 e. The van der Waals surface area contributed by atoms with Crippen molar-refractivity contribution in [2.75, 3.05) is 20.0 Å². The lowest BCUT2D eigenvalue weighted by atomic mass is 9.96. The maximum absolute atomic E-state index is 13.6. The van der Waals surface area contributed by atoms with Gasteiger partial charge in [0.15, 0.2) is 4.80 Å². The molecule has 0 amide bonds. The first kappa shape index (κ1) is 23.1. The molecule has 8 heteroatoms. The number of thioether (sulfide) groups is 1. The molecule has 0 N–H and O–H groups in total. The highest BCUT2D eigenvalue weighted by molar-refractivity contribution is 7.98. The summed E-state index contributed by atoms with van der Waals surface area (Å²) in [4.78, 5) is 32.8. The van der Waals surface area contributed by atoms with Crippen LogP contribution in [0.5, 0.6) is 5.75 Å². The Hall–Kier alpha value is -3.10. The molecule has 0 aliphatic carbocycles. The van der Waals surface area contributed by atoms with E-state index in [2.05, 4.69) is 4.99 Å². The van der Waals surface area contributed by atoms with Crippen LogP contribution in [0.3, 0.4) is 0 Å². The molecule has 170 valence electrons. The number of aromatic nitrogens is 1. The number of esters is 1. The number of rotatable bonds is 6. The second-order valence-electron chi connectivity index (χ2n) is 7.35. The van der Waals surface area contributed by atoms with Gasteiger partial charge in [-0.2, -0.15) is 0 Å². The molecule has 33 heavy (non-hydrogen) atoms. The molecule has 0 fully saturated rings. The third-order valence-electron chi connectivity index (χ3n) is 5.34. The van der Waals surface area contributed by atoms with E-state index in [4.69, 9.17) is 9.47 Å². The number of hydrogen-bond acceptors (Lipinski definition) is 7. The molecular weight excluding hydrogens is 456 g/mol. The van der Waals surface area contributed by atoms with E-state index in [9.17, 15) is 9.59 Å². The Balaban J connectivity index is 1.93. The van der Waals surface area contributed by atoms with Gasteiger partial charge in [-0.15, -0.1) is 11.8 Å². The number of ether oxygens (including phenoxy) is 2. The van der Waals surface area contributed by atoms with Gasteiger partial charge in [-0.05, 0) is 61.6 Å². The largest absolute Gasteiger partial charge is 0.497 e. The molecule has 0 radical (unpaired) electrons. The average molecular weight is 481 g/mol. The molecule has 0 saturated carbocycles. The number of carbonyl (C=O) groups is 1. The van der Waals surface area contributed by atoms with Crippen LogP contribution in [0.2, 0.25) is 0 Å². The average Bonchev–Trinajstić information content (AvgIpc) is 3.12. The van der Waals surface area contributed by atoms with Gasteiger partial charge in [0.05, 0.1) is 35.6 Å². The topological polar surface area (TPSA) is 69.9 Å². The second-order valence-corrected chi connectivity index (χ2v) is 9.24. The molecule has 0 saturated heterocycles. The van der Waals surface area contributed by atoms with Crippen LogP contribution in [0.4, 0.5) is 0 Å². The molecule has 1 aliphatic rings. The van der Waals surface area contributed by atoms with Gasteiger partial charge in [0.2, 0.25) is 0 Å². The molecule has 4 rings (SSSR count). The number of thiazole rings is 1. The van der Waals surface area contributed by atoms with Crippen LogP contribution < -0.4 is 19.6 Å². The standard InChI is InChI=1S/C25H24N2O4S2/c1-5-31-24(29)21-15(2)26-25-27(22(21)17-9-11-19(32-4)12-10-17)23(28)20(33-25)14-16-7-6-8-18(13-16)30-3/h6-14,22H,5H2,1-4H3/b20-14-/t22-/m1/s1. The van der Waals surface area contributed by atoms with Crippen molar-refractivity contribution in [3.63, 3.8) is 0 Å². The SMILES string of the molecule is CCOC(=O)C1=C(C)N=c2s/c(=C\c3cccc(OC)c3)c(=O)n2[C@@H]1c1ccc(SC)cc1. The monoisotopic (exact) mass is 480 g/mol. The lowest BCUT2D eigenvalue weighted by molar-refractivity contribution is -0.139. The normalized spacial score (nSPS) is 15.8. The lowest BCUT2D eigenvalue weighted by Crippen LogP contribution is -2.39.